The molecule has 4 aromatic rings. The summed E-state index contributed by atoms with van der Waals surface area (Å²) in [6.07, 6.45) is 1.33. The Labute approximate surface area is 247 Å². The van der Waals surface area contributed by atoms with Gasteiger partial charge in [0.05, 0.1) is 6.42 Å². The lowest BCUT2D eigenvalue weighted by molar-refractivity contribution is -0.145. The molecule has 10 heteroatoms. The number of nitrogens with one attached hydrogen (secondary N) is 1. The predicted octanol–water partition coefficient (Wildman–Crippen LogP) is 4.30. The Hall–Kier alpha value is -4.28. The fraction of sp³-hybridized carbons (Fsp3) is 0.194. The van der Waals surface area contributed by atoms with E-state index in [4.69, 9.17) is 17.0 Å². The van der Waals surface area contributed by atoms with E-state index in [-0.39, 0.29) is 28.7 Å². The van der Waals surface area contributed by atoms with E-state index in [1.165, 1.54) is 0 Å². The molecule has 206 valence electrons. The van der Waals surface area contributed by atoms with Crippen LogP contribution in [-0.4, -0.2) is 53.7 Å². The summed E-state index contributed by atoms with van der Waals surface area (Å²) in [5.74, 6) is 0.690. The van der Waals surface area contributed by atoms with Crippen LogP contribution in [0.2, 0.25) is 0 Å². The minimum Gasteiger partial charge on any atom is -0.469 e. The maximum atomic E-state index is 13.6. The zero-order chi connectivity index (χ0) is 28.3. The van der Waals surface area contributed by atoms with Crippen molar-refractivity contribution in [1.29, 1.82) is 0 Å². The zero-order valence-electron chi connectivity index (χ0n) is 22.2. The van der Waals surface area contributed by atoms with Crippen LogP contribution in [0.3, 0.4) is 0 Å². The molecule has 0 bridgehead atoms. The standard InChI is InChI=1S/C31H27N5O3S2/c1-35-19-32-34-28(35)23-18-41-30-25(33-24(37)17-20-11-5-2-6-12-20)29(38)36(30)26(23)31(40)39-27(21-13-7-3-8-14-21)22-15-9-4-10-16-22/h2-16,19,25,27,30H,17-18H2,1H3,(H,33,37)/t25-,30-/m1/s1. The number of hydrogen-bond donors (Lipinski definition) is 1. The molecule has 6 rings (SSSR count). The number of ether oxygens (including phenoxy) is 1. The van der Waals surface area contributed by atoms with Crippen molar-refractivity contribution in [1.82, 2.24) is 25.0 Å². The predicted molar refractivity (Wildman–Crippen MR) is 162 cm³/mol. The Morgan fingerprint density at radius 3 is 2.22 bits per heavy atom. The number of β-lactam (4-membered cyclic amide) rings is 1. The normalized spacial score (nSPS) is 18.1. The number of aromatic nitrogens is 3. The Balaban J connectivity index is 1.30. The third-order valence-corrected chi connectivity index (χ3v) is 8.67. The smallest absolute Gasteiger partial charge is 0.253 e. The van der Waals surface area contributed by atoms with E-state index in [1.54, 1.807) is 27.6 Å². The summed E-state index contributed by atoms with van der Waals surface area (Å²) in [5.41, 5.74) is 4.01. The van der Waals surface area contributed by atoms with Gasteiger partial charge in [-0.05, 0) is 28.9 Å². The number of amides is 2. The van der Waals surface area contributed by atoms with Gasteiger partial charge >= 0.3 is 0 Å². The molecule has 0 spiro atoms. The van der Waals surface area contributed by atoms with Crippen molar-refractivity contribution in [2.45, 2.75) is 23.9 Å². The molecule has 3 heterocycles. The number of thioether (sulfide) groups is 1. The first-order valence-corrected chi connectivity index (χ1v) is 14.6. The van der Waals surface area contributed by atoms with Crippen LogP contribution in [0.1, 0.15) is 28.6 Å². The van der Waals surface area contributed by atoms with Gasteiger partial charge in [0, 0.05) is 18.4 Å². The first-order valence-electron chi connectivity index (χ1n) is 13.2. The van der Waals surface area contributed by atoms with Crippen molar-refractivity contribution >= 4 is 46.4 Å². The van der Waals surface area contributed by atoms with Gasteiger partial charge in [-0.25, -0.2) is 0 Å². The van der Waals surface area contributed by atoms with Crippen LogP contribution in [0.4, 0.5) is 0 Å². The van der Waals surface area contributed by atoms with Crippen LogP contribution in [0, 0.1) is 0 Å². The van der Waals surface area contributed by atoms with Crippen LogP contribution in [-0.2, 0) is 27.8 Å². The third kappa shape index (κ3) is 5.40. The highest BCUT2D eigenvalue weighted by molar-refractivity contribution is 8.00. The van der Waals surface area contributed by atoms with Gasteiger partial charge in [-0.3, -0.25) is 14.5 Å². The van der Waals surface area contributed by atoms with E-state index in [0.29, 0.717) is 17.3 Å². The minimum absolute atomic E-state index is 0.188. The van der Waals surface area contributed by atoms with E-state index in [2.05, 4.69) is 15.5 Å². The number of rotatable bonds is 8. The lowest BCUT2D eigenvalue weighted by Crippen LogP contribution is -2.70. The van der Waals surface area contributed by atoms with Gasteiger partial charge in [0.2, 0.25) is 11.0 Å². The van der Waals surface area contributed by atoms with Gasteiger partial charge in [-0.2, -0.15) is 0 Å². The summed E-state index contributed by atoms with van der Waals surface area (Å²) >= 11 is 7.50. The molecular weight excluding hydrogens is 555 g/mol. The summed E-state index contributed by atoms with van der Waals surface area (Å²) < 4.78 is 8.35. The molecule has 0 aliphatic carbocycles. The molecule has 41 heavy (non-hydrogen) atoms. The van der Waals surface area contributed by atoms with Crippen molar-refractivity contribution in [3.63, 3.8) is 0 Å². The molecule has 2 aliphatic heterocycles. The number of carbonyl (C=O) groups is 2. The number of carbonyl (C=O) groups excluding carboxylic acids is 2. The Morgan fingerprint density at radius 2 is 1.63 bits per heavy atom. The summed E-state index contributed by atoms with van der Waals surface area (Å²) in [6, 6.07) is 28.5. The number of nitrogens with zero attached hydrogens (tertiary/aromatic N) is 4. The first kappa shape index (κ1) is 26.9. The summed E-state index contributed by atoms with van der Waals surface area (Å²) in [5, 5.41) is 11.2. The number of fused-ring (bicyclic) bond motifs is 1. The summed E-state index contributed by atoms with van der Waals surface area (Å²) in [6.45, 7) is 0. The molecular formula is C31H27N5O3S2. The van der Waals surface area contributed by atoms with Crippen LogP contribution < -0.4 is 5.32 Å². The van der Waals surface area contributed by atoms with Gasteiger partial charge < -0.3 is 14.6 Å². The third-order valence-electron chi connectivity index (χ3n) is 7.10. The van der Waals surface area contributed by atoms with Gasteiger partial charge in [-0.1, -0.05) is 91.0 Å². The maximum Gasteiger partial charge on any atom is 0.253 e. The molecule has 8 nitrogen and oxygen atoms in total. The number of benzene rings is 3. The van der Waals surface area contributed by atoms with Crippen molar-refractivity contribution in [2.75, 3.05) is 5.75 Å². The lowest BCUT2D eigenvalue weighted by Gasteiger charge is -2.50. The van der Waals surface area contributed by atoms with E-state index >= 15 is 0 Å². The second-order valence-electron chi connectivity index (χ2n) is 9.82. The molecule has 1 saturated heterocycles. The second kappa shape index (κ2) is 11.7. The molecule has 2 atom stereocenters. The van der Waals surface area contributed by atoms with E-state index in [1.807, 2.05) is 98.0 Å². The van der Waals surface area contributed by atoms with Crippen molar-refractivity contribution < 1.29 is 14.3 Å². The molecule has 0 saturated carbocycles. The lowest BCUT2D eigenvalue weighted by atomic mass is 10.0. The summed E-state index contributed by atoms with van der Waals surface area (Å²) in [4.78, 5) is 28.1. The summed E-state index contributed by atoms with van der Waals surface area (Å²) in [7, 11) is 1.85. The highest BCUT2D eigenvalue weighted by atomic mass is 32.2. The van der Waals surface area contributed by atoms with Gasteiger partial charge in [-0.15, -0.1) is 22.0 Å². The van der Waals surface area contributed by atoms with Crippen LogP contribution in [0.15, 0.2) is 103 Å². The average molecular weight is 582 g/mol. The Bertz CT molecular complexity index is 1570. The molecule has 0 radical (unpaired) electrons. The van der Waals surface area contributed by atoms with E-state index in [9.17, 15) is 9.59 Å². The number of hydrogen-bond acceptors (Lipinski definition) is 7. The molecule has 1 aromatic heterocycles. The van der Waals surface area contributed by atoms with Crippen molar-refractivity contribution in [3.05, 3.63) is 126 Å². The largest absolute Gasteiger partial charge is 0.469 e. The van der Waals surface area contributed by atoms with Crippen LogP contribution in [0.25, 0.3) is 5.57 Å². The van der Waals surface area contributed by atoms with Crippen molar-refractivity contribution in [3.8, 4) is 0 Å². The molecule has 2 amide bonds. The molecule has 1 N–H and O–H groups in total. The van der Waals surface area contributed by atoms with Crippen molar-refractivity contribution in [2.24, 2.45) is 7.05 Å². The molecule has 0 unspecified atom stereocenters. The SMILES string of the molecule is Cn1cnnc1C1=C(C(=S)OC(c2ccccc2)c2ccccc2)N2C(=O)[C@@H](NC(=O)Cc3ccccc3)[C@H]2SC1. The quantitative estimate of drug-likeness (QED) is 0.245. The second-order valence-corrected chi connectivity index (χ2v) is 11.3. The highest BCUT2D eigenvalue weighted by Crippen LogP contribution is 2.44. The Kier molecular flexibility index (Phi) is 7.67. The van der Waals surface area contributed by atoms with E-state index < -0.39 is 12.1 Å². The number of aryl methyl sites for hydroxylation is 1. The first-order chi connectivity index (χ1) is 20.0. The monoisotopic (exact) mass is 581 g/mol. The average Bonchev–Trinajstić information content (AvgIpc) is 3.44. The van der Waals surface area contributed by atoms with Gasteiger partial charge in [0.25, 0.3) is 5.91 Å². The molecule has 2 aliphatic rings. The topological polar surface area (TPSA) is 89.3 Å². The van der Waals surface area contributed by atoms with Crippen LogP contribution in [0.5, 0.6) is 0 Å². The van der Waals surface area contributed by atoms with Gasteiger partial charge in [0.15, 0.2) is 5.82 Å². The molecule has 3 aromatic carbocycles. The maximum absolute atomic E-state index is 13.6. The van der Waals surface area contributed by atoms with Gasteiger partial charge in [0.1, 0.15) is 29.5 Å². The molecule has 1 fully saturated rings. The fourth-order valence-corrected chi connectivity index (χ4v) is 6.75. The van der Waals surface area contributed by atoms with Crippen LogP contribution >= 0.6 is 24.0 Å². The number of thiocarbonyl (C=S) groups is 1. The fourth-order valence-electron chi connectivity index (χ4n) is 5.09. The Morgan fingerprint density at radius 1 is 1.02 bits per heavy atom. The minimum atomic E-state index is -0.658. The zero-order valence-corrected chi connectivity index (χ0v) is 23.8. The highest BCUT2D eigenvalue weighted by Gasteiger charge is 2.54. The van der Waals surface area contributed by atoms with E-state index in [0.717, 1.165) is 22.3 Å².